The third-order valence-corrected chi connectivity index (χ3v) is 5.20. The Hall–Kier alpha value is -1.59. The van der Waals surface area contributed by atoms with Crippen LogP contribution in [0.3, 0.4) is 0 Å². The van der Waals surface area contributed by atoms with Gasteiger partial charge in [0.15, 0.2) is 0 Å². The van der Waals surface area contributed by atoms with Crippen molar-refractivity contribution in [1.82, 2.24) is 15.1 Å². The number of rotatable bonds is 8. The van der Waals surface area contributed by atoms with E-state index in [4.69, 9.17) is 0 Å². The van der Waals surface area contributed by atoms with Gasteiger partial charge in [-0.05, 0) is 38.5 Å². The van der Waals surface area contributed by atoms with Gasteiger partial charge in [-0.25, -0.2) is 0 Å². The second-order valence-corrected chi connectivity index (χ2v) is 7.60. The smallest absolute Gasteiger partial charge is 0.245 e. The van der Waals surface area contributed by atoms with Gasteiger partial charge in [-0.15, -0.1) is 0 Å². The molecular formula is C18H31N3O3. The predicted octanol–water partition coefficient (Wildman–Crippen LogP) is 1.54. The Morgan fingerprint density at radius 2 is 1.96 bits per heavy atom. The third kappa shape index (κ3) is 4.28. The van der Waals surface area contributed by atoms with Crippen LogP contribution in [-0.4, -0.2) is 59.2 Å². The first kappa shape index (κ1) is 18.7. The van der Waals surface area contributed by atoms with Gasteiger partial charge in [0.05, 0.1) is 0 Å². The fraction of sp³-hybridized carbons (Fsp3) is 0.833. The van der Waals surface area contributed by atoms with E-state index in [1.165, 1.54) is 0 Å². The van der Waals surface area contributed by atoms with Gasteiger partial charge in [0.25, 0.3) is 0 Å². The molecule has 0 aromatic rings. The van der Waals surface area contributed by atoms with Crippen LogP contribution in [0, 0.1) is 5.92 Å². The summed E-state index contributed by atoms with van der Waals surface area (Å²) in [4.78, 5) is 40.1. The first-order valence-corrected chi connectivity index (χ1v) is 9.21. The normalized spacial score (nSPS) is 24.3. The standard InChI is InChI=1S/C18H31N3O3/c1-14(2)8-10-19-17(24)18(3)9-7-16(23)21(18)13-5-12-20-11-4-6-15(20)22/h14H,4-13H2,1-3H3,(H,19,24). The number of nitrogens with one attached hydrogen (secondary N) is 1. The van der Waals surface area contributed by atoms with E-state index in [2.05, 4.69) is 19.2 Å². The van der Waals surface area contributed by atoms with Crippen LogP contribution < -0.4 is 5.32 Å². The molecular weight excluding hydrogens is 306 g/mol. The molecule has 0 spiro atoms. The third-order valence-electron chi connectivity index (χ3n) is 5.20. The van der Waals surface area contributed by atoms with E-state index in [-0.39, 0.29) is 17.7 Å². The molecule has 6 heteroatoms. The number of carbonyl (C=O) groups is 3. The molecule has 1 unspecified atom stereocenters. The van der Waals surface area contributed by atoms with Gasteiger partial charge in [-0.1, -0.05) is 13.8 Å². The monoisotopic (exact) mass is 337 g/mol. The summed E-state index contributed by atoms with van der Waals surface area (Å²) in [5, 5.41) is 2.99. The molecule has 0 aromatic carbocycles. The highest BCUT2D eigenvalue weighted by Gasteiger charge is 2.46. The second-order valence-electron chi connectivity index (χ2n) is 7.60. The molecule has 0 radical (unpaired) electrons. The molecule has 0 saturated carbocycles. The van der Waals surface area contributed by atoms with Crippen LogP contribution in [-0.2, 0) is 14.4 Å². The molecule has 2 heterocycles. The van der Waals surface area contributed by atoms with Crippen molar-refractivity contribution in [1.29, 1.82) is 0 Å². The van der Waals surface area contributed by atoms with Crippen molar-refractivity contribution in [2.45, 2.75) is 64.8 Å². The molecule has 1 atom stereocenters. The molecule has 0 aromatic heterocycles. The summed E-state index contributed by atoms with van der Waals surface area (Å²) < 4.78 is 0. The first-order chi connectivity index (χ1) is 11.3. The largest absolute Gasteiger partial charge is 0.354 e. The number of amides is 3. The van der Waals surface area contributed by atoms with E-state index in [0.29, 0.717) is 44.8 Å². The molecule has 2 rings (SSSR count). The Balaban J connectivity index is 1.87. The van der Waals surface area contributed by atoms with Gasteiger partial charge in [-0.3, -0.25) is 14.4 Å². The van der Waals surface area contributed by atoms with E-state index < -0.39 is 5.54 Å². The fourth-order valence-electron chi connectivity index (χ4n) is 3.53. The maximum Gasteiger partial charge on any atom is 0.245 e. The minimum atomic E-state index is -0.747. The molecule has 2 aliphatic rings. The van der Waals surface area contributed by atoms with Gasteiger partial charge >= 0.3 is 0 Å². The van der Waals surface area contributed by atoms with Crippen molar-refractivity contribution >= 4 is 17.7 Å². The van der Waals surface area contributed by atoms with E-state index in [0.717, 1.165) is 25.8 Å². The van der Waals surface area contributed by atoms with Crippen LogP contribution in [0.5, 0.6) is 0 Å². The van der Waals surface area contributed by atoms with Crippen molar-refractivity contribution in [3.8, 4) is 0 Å². The molecule has 0 aliphatic carbocycles. The van der Waals surface area contributed by atoms with Crippen molar-refractivity contribution < 1.29 is 14.4 Å². The van der Waals surface area contributed by atoms with E-state index in [9.17, 15) is 14.4 Å². The topological polar surface area (TPSA) is 69.7 Å². The fourth-order valence-corrected chi connectivity index (χ4v) is 3.53. The Kier molecular flexibility index (Phi) is 6.24. The van der Waals surface area contributed by atoms with Crippen molar-refractivity contribution in [3.05, 3.63) is 0 Å². The van der Waals surface area contributed by atoms with Crippen LogP contribution in [0.25, 0.3) is 0 Å². The quantitative estimate of drug-likeness (QED) is 0.730. The van der Waals surface area contributed by atoms with Crippen molar-refractivity contribution in [2.75, 3.05) is 26.2 Å². The zero-order valence-corrected chi connectivity index (χ0v) is 15.3. The summed E-state index contributed by atoms with van der Waals surface area (Å²) in [6.07, 6.45) is 4.23. The lowest BCUT2D eigenvalue weighted by atomic mass is 9.97. The zero-order valence-electron chi connectivity index (χ0n) is 15.3. The summed E-state index contributed by atoms with van der Waals surface area (Å²) in [6.45, 7) is 8.79. The average Bonchev–Trinajstić information content (AvgIpc) is 3.05. The lowest BCUT2D eigenvalue weighted by molar-refractivity contribution is -0.140. The van der Waals surface area contributed by atoms with Gasteiger partial charge in [-0.2, -0.15) is 0 Å². The minimum Gasteiger partial charge on any atom is -0.354 e. The Labute approximate surface area is 144 Å². The molecule has 2 fully saturated rings. The van der Waals surface area contributed by atoms with Crippen molar-refractivity contribution in [2.24, 2.45) is 5.92 Å². The lowest BCUT2D eigenvalue weighted by Crippen LogP contribution is -2.55. The number of likely N-dealkylation sites (tertiary alicyclic amines) is 2. The van der Waals surface area contributed by atoms with Crippen molar-refractivity contribution in [3.63, 3.8) is 0 Å². The van der Waals surface area contributed by atoms with Crippen LogP contribution >= 0.6 is 0 Å². The van der Waals surface area contributed by atoms with E-state index in [1.807, 2.05) is 11.8 Å². The number of hydrogen-bond acceptors (Lipinski definition) is 3. The molecule has 24 heavy (non-hydrogen) atoms. The summed E-state index contributed by atoms with van der Waals surface area (Å²) in [7, 11) is 0. The molecule has 1 N–H and O–H groups in total. The number of carbonyl (C=O) groups excluding carboxylic acids is 3. The second kappa shape index (κ2) is 7.99. The summed E-state index contributed by atoms with van der Waals surface area (Å²) in [5.41, 5.74) is -0.747. The highest BCUT2D eigenvalue weighted by atomic mass is 16.2. The van der Waals surface area contributed by atoms with E-state index in [1.54, 1.807) is 4.90 Å². The maximum atomic E-state index is 12.6. The molecule has 0 bridgehead atoms. The SMILES string of the molecule is CC(C)CCNC(=O)C1(C)CCC(=O)N1CCCN1CCCC1=O. The van der Waals surface area contributed by atoms with Gasteiger partial charge in [0.1, 0.15) is 5.54 Å². The highest BCUT2D eigenvalue weighted by Crippen LogP contribution is 2.30. The predicted molar refractivity (Wildman–Crippen MR) is 92.2 cm³/mol. The summed E-state index contributed by atoms with van der Waals surface area (Å²) >= 11 is 0. The molecule has 3 amide bonds. The van der Waals surface area contributed by atoms with Crippen LogP contribution in [0.4, 0.5) is 0 Å². The first-order valence-electron chi connectivity index (χ1n) is 9.21. The van der Waals surface area contributed by atoms with Crippen LogP contribution in [0.1, 0.15) is 59.3 Å². The average molecular weight is 337 g/mol. The Morgan fingerprint density at radius 1 is 1.21 bits per heavy atom. The van der Waals surface area contributed by atoms with Gasteiger partial charge in [0, 0.05) is 39.0 Å². The summed E-state index contributed by atoms with van der Waals surface area (Å²) in [6, 6.07) is 0. The molecule has 6 nitrogen and oxygen atoms in total. The number of hydrogen-bond donors (Lipinski definition) is 1. The van der Waals surface area contributed by atoms with Crippen LogP contribution in [0.15, 0.2) is 0 Å². The molecule has 2 aliphatic heterocycles. The Morgan fingerprint density at radius 3 is 2.58 bits per heavy atom. The highest BCUT2D eigenvalue weighted by molar-refractivity contribution is 5.94. The Bertz CT molecular complexity index is 492. The van der Waals surface area contributed by atoms with E-state index >= 15 is 0 Å². The number of nitrogens with zero attached hydrogens (tertiary/aromatic N) is 2. The lowest BCUT2D eigenvalue weighted by Gasteiger charge is -2.34. The molecule has 2 saturated heterocycles. The van der Waals surface area contributed by atoms with Gasteiger partial charge in [0.2, 0.25) is 17.7 Å². The van der Waals surface area contributed by atoms with Gasteiger partial charge < -0.3 is 15.1 Å². The summed E-state index contributed by atoms with van der Waals surface area (Å²) in [5.74, 6) is 0.741. The maximum absolute atomic E-state index is 12.6. The molecule has 136 valence electrons. The van der Waals surface area contributed by atoms with Crippen LogP contribution in [0.2, 0.25) is 0 Å². The zero-order chi connectivity index (χ0) is 17.7. The minimum absolute atomic E-state index is 0.0456.